The Balaban J connectivity index is 2.18. The van der Waals surface area contributed by atoms with E-state index < -0.39 is 0 Å². The van der Waals surface area contributed by atoms with Gasteiger partial charge in [0.2, 0.25) is 5.91 Å². The van der Waals surface area contributed by atoms with Crippen LogP contribution in [0.1, 0.15) is 11.4 Å². The Morgan fingerprint density at radius 2 is 2.29 bits per heavy atom. The highest BCUT2D eigenvalue weighted by Crippen LogP contribution is 2.13. The lowest BCUT2D eigenvalue weighted by Gasteiger charge is -2.05. The van der Waals surface area contributed by atoms with E-state index in [1.807, 2.05) is 24.3 Å². The predicted molar refractivity (Wildman–Crippen MR) is 65.7 cm³/mol. The molecule has 0 atom stereocenters. The summed E-state index contributed by atoms with van der Waals surface area (Å²) >= 11 is 5.91. The Hall–Kier alpha value is -1.81. The average Bonchev–Trinajstić information content (AvgIpc) is 2.65. The molecule has 0 aliphatic carbocycles. The van der Waals surface area contributed by atoms with Gasteiger partial charge in [-0.2, -0.15) is 0 Å². The fourth-order valence-corrected chi connectivity index (χ4v) is 1.86. The van der Waals surface area contributed by atoms with Gasteiger partial charge in [0.15, 0.2) is 0 Å². The molecule has 2 N–H and O–H groups in total. The zero-order chi connectivity index (χ0) is 12.3. The summed E-state index contributed by atoms with van der Waals surface area (Å²) in [7, 11) is 0. The maximum atomic E-state index is 10.9. The fourth-order valence-electron chi connectivity index (χ4n) is 1.65. The summed E-state index contributed by atoms with van der Waals surface area (Å²) in [6, 6.07) is 7.56. The lowest BCUT2D eigenvalue weighted by Crippen LogP contribution is -2.19. The lowest BCUT2D eigenvalue weighted by molar-refractivity contribution is -0.118. The fraction of sp³-hybridized carbons (Fsp3) is 0.167. The molecule has 0 saturated heterocycles. The van der Waals surface area contributed by atoms with E-state index in [0.717, 1.165) is 11.4 Å². The van der Waals surface area contributed by atoms with E-state index in [0.29, 0.717) is 11.4 Å². The van der Waals surface area contributed by atoms with Gasteiger partial charge in [0.25, 0.3) is 0 Å². The van der Waals surface area contributed by atoms with Crippen molar-refractivity contribution in [2.75, 3.05) is 0 Å². The minimum atomic E-state index is -0.379. The number of carbonyl (C=O) groups excluding carboxylic acids is 1. The van der Waals surface area contributed by atoms with Crippen molar-refractivity contribution in [1.82, 2.24) is 9.55 Å². The summed E-state index contributed by atoms with van der Waals surface area (Å²) in [5.74, 6) is 0.418. The molecule has 0 unspecified atom stereocenters. The second-order valence-corrected chi connectivity index (χ2v) is 4.18. The molecule has 0 bridgehead atoms. The van der Waals surface area contributed by atoms with Gasteiger partial charge in [-0.15, -0.1) is 0 Å². The molecule has 4 nitrogen and oxygen atoms in total. The average molecular weight is 250 g/mol. The van der Waals surface area contributed by atoms with Crippen LogP contribution in [-0.4, -0.2) is 15.5 Å². The van der Waals surface area contributed by atoms with Crippen LogP contribution >= 0.6 is 11.6 Å². The highest BCUT2D eigenvalue weighted by atomic mass is 35.5. The van der Waals surface area contributed by atoms with Crippen molar-refractivity contribution in [2.45, 2.75) is 13.0 Å². The summed E-state index contributed by atoms with van der Waals surface area (Å²) in [5, 5.41) is 0.690. The standard InChI is InChI=1S/C12H12ClN3O/c13-10-3-1-2-9(6-10)7-12-15-4-5-16(12)8-11(14)17/h1-6H,7-8H2,(H2,14,17). The molecular weight excluding hydrogens is 238 g/mol. The molecule has 1 amide bonds. The maximum Gasteiger partial charge on any atom is 0.237 e. The number of nitrogens with zero attached hydrogens (tertiary/aromatic N) is 2. The molecule has 0 aliphatic heterocycles. The topological polar surface area (TPSA) is 60.9 Å². The van der Waals surface area contributed by atoms with E-state index in [1.165, 1.54) is 0 Å². The number of hydrogen-bond donors (Lipinski definition) is 1. The van der Waals surface area contributed by atoms with Crippen molar-refractivity contribution in [3.8, 4) is 0 Å². The van der Waals surface area contributed by atoms with Crippen molar-refractivity contribution < 1.29 is 4.79 Å². The summed E-state index contributed by atoms with van der Waals surface area (Å²) in [5.41, 5.74) is 6.21. The number of benzene rings is 1. The smallest absolute Gasteiger partial charge is 0.237 e. The van der Waals surface area contributed by atoms with Crippen LogP contribution in [0.15, 0.2) is 36.7 Å². The van der Waals surface area contributed by atoms with Gasteiger partial charge in [0.05, 0.1) is 0 Å². The van der Waals surface area contributed by atoms with Crippen LogP contribution in [0.2, 0.25) is 5.02 Å². The van der Waals surface area contributed by atoms with E-state index in [4.69, 9.17) is 17.3 Å². The molecule has 1 aromatic carbocycles. The van der Waals surface area contributed by atoms with Gasteiger partial charge in [0.1, 0.15) is 12.4 Å². The van der Waals surface area contributed by atoms with Crippen molar-refractivity contribution >= 4 is 17.5 Å². The third-order valence-electron chi connectivity index (χ3n) is 2.38. The molecule has 5 heteroatoms. The Morgan fingerprint density at radius 3 is 3.00 bits per heavy atom. The number of halogens is 1. The van der Waals surface area contributed by atoms with E-state index in [2.05, 4.69) is 4.98 Å². The van der Waals surface area contributed by atoms with Gasteiger partial charge >= 0.3 is 0 Å². The molecule has 17 heavy (non-hydrogen) atoms. The lowest BCUT2D eigenvalue weighted by atomic mass is 10.1. The molecule has 2 aromatic rings. The van der Waals surface area contributed by atoms with Crippen LogP contribution in [0.3, 0.4) is 0 Å². The Morgan fingerprint density at radius 1 is 1.47 bits per heavy atom. The van der Waals surface area contributed by atoms with Crippen LogP contribution in [0.4, 0.5) is 0 Å². The number of primary amides is 1. The van der Waals surface area contributed by atoms with Crippen LogP contribution < -0.4 is 5.73 Å². The van der Waals surface area contributed by atoms with E-state index in [1.54, 1.807) is 17.0 Å². The van der Waals surface area contributed by atoms with E-state index >= 15 is 0 Å². The van der Waals surface area contributed by atoms with Crippen LogP contribution in [0, 0.1) is 0 Å². The van der Waals surface area contributed by atoms with Crippen molar-refractivity contribution in [3.63, 3.8) is 0 Å². The molecule has 1 heterocycles. The quantitative estimate of drug-likeness (QED) is 0.895. The first-order valence-electron chi connectivity index (χ1n) is 5.18. The van der Waals surface area contributed by atoms with Gasteiger partial charge in [-0.3, -0.25) is 4.79 Å². The van der Waals surface area contributed by atoms with Crippen molar-refractivity contribution in [2.24, 2.45) is 5.73 Å². The summed E-state index contributed by atoms with van der Waals surface area (Å²) in [6.07, 6.45) is 4.02. The zero-order valence-electron chi connectivity index (χ0n) is 9.14. The molecule has 0 radical (unpaired) electrons. The number of amides is 1. The normalized spacial score (nSPS) is 10.4. The highest BCUT2D eigenvalue weighted by molar-refractivity contribution is 6.30. The Kier molecular flexibility index (Phi) is 3.44. The third kappa shape index (κ3) is 3.07. The minimum Gasteiger partial charge on any atom is -0.368 e. The van der Waals surface area contributed by atoms with Crippen molar-refractivity contribution in [1.29, 1.82) is 0 Å². The molecular formula is C12H12ClN3O. The van der Waals surface area contributed by atoms with Crippen LogP contribution in [0.25, 0.3) is 0 Å². The van der Waals surface area contributed by atoms with Gasteiger partial charge in [0, 0.05) is 23.8 Å². The first kappa shape index (κ1) is 11.7. The number of imidazole rings is 1. The molecule has 2 rings (SSSR count). The number of rotatable bonds is 4. The zero-order valence-corrected chi connectivity index (χ0v) is 9.89. The molecule has 0 saturated carbocycles. The van der Waals surface area contributed by atoms with E-state index in [-0.39, 0.29) is 12.5 Å². The predicted octanol–water partition coefficient (Wildman–Crippen LogP) is 1.61. The van der Waals surface area contributed by atoms with Crippen LogP contribution in [-0.2, 0) is 17.8 Å². The van der Waals surface area contributed by atoms with Gasteiger partial charge in [-0.25, -0.2) is 4.98 Å². The number of hydrogen-bond acceptors (Lipinski definition) is 2. The minimum absolute atomic E-state index is 0.149. The first-order valence-corrected chi connectivity index (χ1v) is 5.55. The highest BCUT2D eigenvalue weighted by Gasteiger charge is 2.06. The number of aromatic nitrogens is 2. The molecule has 0 spiro atoms. The maximum absolute atomic E-state index is 10.9. The summed E-state index contributed by atoms with van der Waals surface area (Å²) in [6.45, 7) is 0.149. The van der Waals surface area contributed by atoms with E-state index in [9.17, 15) is 4.79 Å². The van der Waals surface area contributed by atoms with Gasteiger partial charge in [-0.1, -0.05) is 23.7 Å². The number of nitrogens with two attached hydrogens (primary N) is 1. The van der Waals surface area contributed by atoms with Crippen LogP contribution in [0.5, 0.6) is 0 Å². The molecule has 0 fully saturated rings. The van der Waals surface area contributed by atoms with Crippen molar-refractivity contribution in [3.05, 3.63) is 53.1 Å². The summed E-state index contributed by atoms with van der Waals surface area (Å²) in [4.78, 5) is 15.1. The second kappa shape index (κ2) is 5.01. The SMILES string of the molecule is NC(=O)Cn1ccnc1Cc1cccc(Cl)c1. The Bertz CT molecular complexity index is 536. The second-order valence-electron chi connectivity index (χ2n) is 3.74. The number of carbonyl (C=O) groups is 1. The van der Waals surface area contributed by atoms with Gasteiger partial charge in [-0.05, 0) is 17.7 Å². The Labute approximate surface area is 104 Å². The molecule has 1 aromatic heterocycles. The monoisotopic (exact) mass is 249 g/mol. The molecule has 0 aliphatic rings. The van der Waals surface area contributed by atoms with Gasteiger partial charge < -0.3 is 10.3 Å². The third-order valence-corrected chi connectivity index (χ3v) is 2.61. The summed E-state index contributed by atoms with van der Waals surface area (Å²) < 4.78 is 1.74. The largest absolute Gasteiger partial charge is 0.368 e. The molecule has 88 valence electrons. The first-order chi connectivity index (χ1) is 8.15.